The van der Waals surface area contributed by atoms with Crippen LogP contribution in [0, 0.1) is 0 Å². The van der Waals surface area contributed by atoms with Crippen LogP contribution in [0.3, 0.4) is 0 Å². The van der Waals surface area contributed by atoms with Crippen LogP contribution in [-0.2, 0) is 19.1 Å². The van der Waals surface area contributed by atoms with Crippen LogP contribution in [-0.4, -0.2) is 29.4 Å². The van der Waals surface area contributed by atoms with Gasteiger partial charge in [0.05, 0.1) is 0 Å². The van der Waals surface area contributed by atoms with E-state index in [0.29, 0.717) is 0 Å². The summed E-state index contributed by atoms with van der Waals surface area (Å²) in [6.45, 7) is 0.0523. The van der Waals surface area contributed by atoms with Gasteiger partial charge in [0.1, 0.15) is 19.6 Å². The Balaban J connectivity index is 3.86. The summed E-state index contributed by atoms with van der Waals surface area (Å²) >= 11 is 18.9. The van der Waals surface area contributed by atoms with E-state index >= 15 is 0 Å². The van der Waals surface area contributed by atoms with E-state index in [0.717, 1.165) is 0 Å². The molecule has 0 N–H and O–H groups in total. The van der Waals surface area contributed by atoms with Gasteiger partial charge >= 0.3 is 11.9 Å². The van der Waals surface area contributed by atoms with E-state index < -0.39 is 22.6 Å². The summed E-state index contributed by atoms with van der Waals surface area (Å²) in [5.41, 5.74) is 0. The lowest BCUT2D eigenvalue weighted by molar-refractivity contribution is -0.154. The number of halogens is 6. The fraction of sp³-hybridized carbons (Fsp3) is 0.714. The zero-order chi connectivity index (χ0) is 13.7. The highest BCUT2D eigenvalue weighted by atomic mass is 80.0. The lowest BCUT2D eigenvalue weighted by atomic mass is 10.4. The lowest BCUT2D eigenvalue weighted by Gasteiger charge is -2.13. The Labute approximate surface area is 149 Å². The number of hydrogen-bond acceptors (Lipinski definition) is 4. The van der Waals surface area contributed by atoms with Crippen LogP contribution in [0.1, 0.15) is 6.42 Å². The molecule has 0 spiro atoms. The number of rotatable bonds is 4. The van der Waals surface area contributed by atoms with Crippen LogP contribution in [0.15, 0.2) is 0 Å². The van der Waals surface area contributed by atoms with Crippen LogP contribution in [0.2, 0.25) is 0 Å². The van der Waals surface area contributed by atoms with Crippen LogP contribution >= 0.6 is 95.6 Å². The zero-order valence-electron chi connectivity index (χ0n) is 8.02. The Morgan fingerprint density at radius 2 is 1.06 bits per heavy atom. The summed E-state index contributed by atoms with van der Waals surface area (Å²) < 4.78 is 8.23. The molecule has 4 nitrogen and oxygen atoms in total. The third-order valence-corrected chi connectivity index (χ3v) is 2.46. The van der Waals surface area contributed by atoms with Crippen LogP contribution < -0.4 is 0 Å². The molecule has 0 aliphatic carbocycles. The van der Waals surface area contributed by atoms with E-state index in [4.69, 9.17) is 9.47 Å². The third-order valence-electron chi connectivity index (χ3n) is 1.08. The molecule has 0 aromatic heterocycles. The van der Waals surface area contributed by atoms with Gasteiger partial charge in [-0.15, -0.1) is 0 Å². The number of ether oxygens (including phenoxy) is 2. The first kappa shape index (κ1) is 18.8. The van der Waals surface area contributed by atoms with Gasteiger partial charge in [0, 0.05) is 0 Å². The topological polar surface area (TPSA) is 52.6 Å². The smallest absolute Gasteiger partial charge is 0.317 e. The summed E-state index contributed by atoms with van der Waals surface area (Å²) in [6.07, 6.45) is -0.438. The third kappa shape index (κ3) is 14.0. The van der Waals surface area contributed by atoms with Gasteiger partial charge in [-0.05, 0) is 0 Å². The van der Waals surface area contributed by atoms with Gasteiger partial charge < -0.3 is 9.47 Å². The monoisotopic (exact) mass is 628 g/mol. The first-order valence-corrected chi connectivity index (χ1v) is 8.70. The molecule has 10 heteroatoms. The Hall–Kier alpha value is 1.82. The fourth-order valence-electron chi connectivity index (χ4n) is 0.545. The number of carbonyl (C=O) groups is 2. The summed E-state index contributed by atoms with van der Waals surface area (Å²) in [5.74, 6) is -1.33. The van der Waals surface area contributed by atoms with Crippen LogP contribution in [0.4, 0.5) is 0 Å². The fourth-order valence-corrected chi connectivity index (χ4v) is 1.23. The number of carbonyl (C=O) groups excluding carboxylic acids is 2. The summed E-state index contributed by atoms with van der Waals surface area (Å²) in [4.78, 5) is 22.4. The van der Waals surface area contributed by atoms with Crippen molar-refractivity contribution < 1.29 is 19.1 Å². The first-order valence-electron chi connectivity index (χ1n) is 3.94. The molecule has 0 unspecified atom stereocenters. The van der Waals surface area contributed by atoms with Gasteiger partial charge in [-0.25, -0.2) is 0 Å². The molecule has 0 saturated heterocycles. The highest BCUT2D eigenvalue weighted by Crippen LogP contribution is 2.34. The van der Waals surface area contributed by atoms with Crippen molar-refractivity contribution in [3.8, 4) is 0 Å². The molecular formula is C7H6Br6O4. The van der Waals surface area contributed by atoms with Gasteiger partial charge in [-0.2, -0.15) is 0 Å². The van der Waals surface area contributed by atoms with E-state index in [9.17, 15) is 9.59 Å². The summed E-state index contributed by atoms with van der Waals surface area (Å²) in [5, 5.41) is 0. The minimum atomic E-state index is -0.677. The van der Waals surface area contributed by atoms with Crippen LogP contribution in [0.25, 0.3) is 0 Å². The quantitative estimate of drug-likeness (QED) is 0.266. The number of alkyl halides is 6. The molecule has 0 radical (unpaired) electrons. The molecule has 100 valence electrons. The van der Waals surface area contributed by atoms with Crippen molar-refractivity contribution >= 4 is 108 Å². The van der Waals surface area contributed by atoms with Gasteiger partial charge in [0.2, 0.25) is 0 Å². The van der Waals surface area contributed by atoms with Crippen LogP contribution in [0.5, 0.6) is 0 Å². The summed E-state index contributed by atoms with van der Waals surface area (Å²) in [7, 11) is 0. The van der Waals surface area contributed by atoms with Crippen molar-refractivity contribution in [3.63, 3.8) is 0 Å². The molecule has 0 aliphatic rings. The van der Waals surface area contributed by atoms with Gasteiger partial charge in [0.25, 0.3) is 0 Å². The molecule has 0 aromatic carbocycles. The number of hydrogen-bond donors (Lipinski definition) is 0. The minimum absolute atomic E-state index is 0.0262. The Morgan fingerprint density at radius 3 is 1.29 bits per heavy atom. The zero-order valence-corrected chi connectivity index (χ0v) is 17.5. The SMILES string of the molecule is O=C(CC(=O)OCC(Br)(Br)Br)OCC(Br)(Br)Br. The number of esters is 2. The van der Waals surface area contributed by atoms with E-state index in [2.05, 4.69) is 95.6 Å². The van der Waals surface area contributed by atoms with Gasteiger partial charge in [-0.3, -0.25) is 9.59 Å². The molecule has 0 aromatic rings. The average molecular weight is 634 g/mol. The molecule has 0 saturated carbocycles. The molecule has 0 rings (SSSR count). The molecular weight excluding hydrogens is 627 g/mol. The van der Waals surface area contributed by atoms with Crippen molar-refractivity contribution in [1.82, 2.24) is 0 Å². The van der Waals surface area contributed by atoms with Gasteiger partial charge in [0.15, 0.2) is 4.29 Å². The second-order valence-electron chi connectivity index (χ2n) is 2.73. The van der Waals surface area contributed by atoms with Crippen molar-refractivity contribution in [2.45, 2.75) is 10.7 Å². The molecule has 0 heterocycles. The van der Waals surface area contributed by atoms with Crippen molar-refractivity contribution in [2.24, 2.45) is 0 Å². The standard InChI is InChI=1S/C7H6Br6O4/c8-6(9,10)2-16-4(14)1-5(15)17-3-7(11,12)13/h1-3H2. The van der Waals surface area contributed by atoms with E-state index in [-0.39, 0.29) is 13.2 Å². The Morgan fingerprint density at radius 1 is 0.765 bits per heavy atom. The minimum Gasteiger partial charge on any atom is -0.462 e. The molecule has 0 fully saturated rings. The molecule has 0 bridgehead atoms. The normalized spacial score (nSPS) is 12.1. The highest BCUT2D eigenvalue weighted by Gasteiger charge is 2.24. The molecule has 0 atom stereocenters. The Bertz CT molecular complexity index is 253. The maximum atomic E-state index is 11.2. The van der Waals surface area contributed by atoms with Gasteiger partial charge in [-0.1, -0.05) is 95.6 Å². The largest absolute Gasteiger partial charge is 0.462 e. The average Bonchev–Trinajstić information content (AvgIpc) is 2.09. The van der Waals surface area contributed by atoms with E-state index in [1.54, 1.807) is 0 Å². The summed E-state index contributed by atoms with van der Waals surface area (Å²) in [6, 6.07) is 0. The van der Waals surface area contributed by atoms with Crippen molar-refractivity contribution in [2.75, 3.05) is 13.2 Å². The molecule has 0 amide bonds. The molecule has 0 aliphatic heterocycles. The van der Waals surface area contributed by atoms with E-state index in [1.165, 1.54) is 0 Å². The molecule has 17 heavy (non-hydrogen) atoms. The predicted molar refractivity (Wildman–Crippen MR) is 85.6 cm³/mol. The Kier molecular flexibility index (Phi) is 9.06. The maximum absolute atomic E-state index is 11.2. The predicted octanol–water partition coefficient (Wildman–Crippen LogP) is 4.14. The first-order chi connectivity index (χ1) is 7.49. The second-order valence-corrected chi connectivity index (χ2v) is 17.2. The van der Waals surface area contributed by atoms with E-state index in [1.807, 2.05) is 0 Å². The van der Waals surface area contributed by atoms with Crippen molar-refractivity contribution in [3.05, 3.63) is 0 Å². The lowest BCUT2D eigenvalue weighted by Crippen LogP contribution is -2.21. The maximum Gasteiger partial charge on any atom is 0.317 e. The second kappa shape index (κ2) is 8.18. The van der Waals surface area contributed by atoms with Crippen molar-refractivity contribution in [1.29, 1.82) is 0 Å². The highest BCUT2D eigenvalue weighted by molar-refractivity contribution is 9.39.